The van der Waals surface area contributed by atoms with E-state index in [1.807, 2.05) is 0 Å². The second-order valence-electron chi connectivity index (χ2n) is 4.51. The zero-order valence-electron chi connectivity index (χ0n) is 13.6. The summed E-state index contributed by atoms with van der Waals surface area (Å²) < 4.78 is 26.8. The van der Waals surface area contributed by atoms with Crippen molar-refractivity contribution in [2.75, 3.05) is 10.5 Å². The molecule has 0 bridgehead atoms. The Kier molecular flexibility index (Phi) is 7.08. The quantitative estimate of drug-likeness (QED) is 0.429. The first-order chi connectivity index (χ1) is 10.7. The van der Waals surface area contributed by atoms with Crippen LogP contribution in [-0.2, 0) is 10.0 Å². The number of carboxylic acids is 2. The Balaban J connectivity index is 0.00000288. The van der Waals surface area contributed by atoms with E-state index in [1.165, 1.54) is 24.3 Å². The number of hydrogen-bond acceptors (Lipinski definition) is 5. The maximum Gasteiger partial charge on any atom is 0.337 e. The lowest BCUT2D eigenvalue weighted by Crippen LogP contribution is -2.16. The minimum absolute atomic E-state index is 0. The van der Waals surface area contributed by atoms with Gasteiger partial charge in [0.2, 0.25) is 0 Å². The van der Waals surface area contributed by atoms with Gasteiger partial charge in [-0.3, -0.25) is 4.72 Å². The average Bonchev–Trinajstić information content (AvgIpc) is 2.47. The van der Waals surface area contributed by atoms with Crippen LogP contribution < -0.4 is 22.8 Å². The monoisotopic (exact) mass is 372 g/mol. The van der Waals surface area contributed by atoms with Crippen LogP contribution in [0.3, 0.4) is 0 Å². The normalized spacial score (nSPS) is 10.1. The molecule has 2 aromatic carbocycles. The van der Waals surface area contributed by atoms with E-state index in [0.29, 0.717) is 0 Å². The number of carboxylic acid groups (broad SMARTS) is 2. The third-order valence-corrected chi connectivity index (χ3v) is 4.33. The van der Waals surface area contributed by atoms with Gasteiger partial charge in [-0.05, 0) is 30.3 Å². The highest BCUT2D eigenvalue weighted by Gasteiger charge is 2.20. The molecule has 0 radical (unpaired) electrons. The summed E-state index contributed by atoms with van der Waals surface area (Å²) in [5.74, 6) is -2.67. The van der Waals surface area contributed by atoms with Crippen molar-refractivity contribution in [3.63, 3.8) is 0 Å². The maximum absolute atomic E-state index is 12.3. The van der Waals surface area contributed by atoms with Gasteiger partial charge < -0.3 is 28.2 Å². The van der Waals surface area contributed by atoms with Crippen LogP contribution in [0.1, 0.15) is 20.7 Å². The highest BCUT2D eigenvalue weighted by atomic mass is 32.2. The molecule has 136 valence electrons. The van der Waals surface area contributed by atoms with E-state index in [4.69, 9.17) is 15.9 Å². The molecular weight excluding hydrogens is 352 g/mol. The standard InChI is InChI=1S/C14H12N2O6S.2H3N/c15-11-6-5-8(7-10(11)14(19)20)23(21,22)16-12-4-2-1-3-9(12)13(17)18;;/h1-7,16H,15H2,(H,17,18)(H,19,20);2*1H3/p+2. The first kappa shape index (κ1) is 21.9. The highest BCUT2D eigenvalue weighted by Crippen LogP contribution is 2.23. The summed E-state index contributed by atoms with van der Waals surface area (Å²) in [6.45, 7) is 0. The molecule has 0 saturated heterocycles. The van der Waals surface area contributed by atoms with Gasteiger partial charge in [0, 0.05) is 5.69 Å². The molecule has 0 saturated carbocycles. The molecule has 0 spiro atoms. The van der Waals surface area contributed by atoms with E-state index in [9.17, 15) is 18.0 Å². The van der Waals surface area contributed by atoms with Crippen molar-refractivity contribution in [2.45, 2.75) is 4.90 Å². The van der Waals surface area contributed by atoms with Crippen molar-refractivity contribution in [2.24, 2.45) is 0 Å². The average molecular weight is 372 g/mol. The molecule has 11 heteroatoms. The van der Waals surface area contributed by atoms with Crippen LogP contribution in [0.2, 0.25) is 0 Å². The lowest BCUT2D eigenvalue weighted by Gasteiger charge is -2.11. The van der Waals surface area contributed by atoms with Crippen molar-refractivity contribution in [1.29, 1.82) is 0 Å². The number of anilines is 2. The van der Waals surface area contributed by atoms with E-state index in [-0.39, 0.29) is 39.7 Å². The van der Waals surface area contributed by atoms with E-state index in [1.54, 1.807) is 0 Å². The fourth-order valence-corrected chi connectivity index (χ4v) is 2.96. The lowest BCUT2D eigenvalue weighted by molar-refractivity contribution is 0.0687. The number of rotatable bonds is 5. The SMILES string of the molecule is Nc1ccc(S(=O)(=O)Nc2ccccc2C(=O)O)cc1C(=O)O.[NH4+].[NH4+]. The van der Waals surface area contributed by atoms with Gasteiger partial charge in [0.05, 0.1) is 21.7 Å². The summed E-state index contributed by atoms with van der Waals surface area (Å²) in [5, 5.41) is 18.0. The van der Waals surface area contributed by atoms with Crippen molar-refractivity contribution in [3.05, 3.63) is 53.6 Å². The van der Waals surface area contributed by atoms with Crippen LogP contribution in [-0.4, -0.2) is 30.6 Å². The number of nitrogens with two attached hydrogens (primary N) is 1. The lowest BCUT2D eigenvalue weighted by atomic mass is 10.2. The summed E-state index contributed by atoms with van der Waals surface area (Å²) in [7, 11) is -4.17. The predicted molar refractivity (Wildman–Crippen MR) is 94.0 cm³/mol. The molecule has 0 aliphatic carbocycles. The fraction of sp³-hybridized carbons (Fsp3) is 0. The zero-order chi connectivity index (χ0) is 17.2. The summed E-state index contributed by atoms with van der Waals surface area (Å²) >= 11 is 0. The van der Waals surface area contributed by atoms with E-state index in [0.717, 1.165) is 18.2 Å². The zero-order valence-corrected chi connectivity index (χ0v) is 14.4. The van der Waals surface area contributed by atoms with Gasteiger partial charge in [0.25, 0.3) is 10.0 Å². The molecule has 2 aromatic rings. The molecule has 0 atom stereocenters. The molecule has 0 fully saturated rings. The van der Waals surface area contributed by atoms with Gasteiger partial charge >= 0.3 is 11.9 Å². The first-order valence-electron chi connectivity index (χ1n) is 6.20. The van der Waals surface area contributed by atoms with E-state index >= 15 is 0 Å². The molecule has 0 aliphatic rings. The van der Waals surface area contributed by atoms with Crippen molar-refractivity contribution in [1.82, 2.24) is 12.3 Å². The Morgan fingerprint density at radius 3 is 2.04 bits per heavy atom. The number of para-hydroxylation sites is 1. The Morgan fingerprint density at radius 2 is 1.48 bits per heavy atom. The van der Waals surface area contributed by atoms with Gasteiger partial charge in [-0.2, -0.15) is 0 Å². The molecule has 0 amide bonds. The van der Waals surface area contributed by atoms with Gasteiger partial charge in [-0.15, -0.1) is 0 Å². The van der Waals surface area contributed by atoms with Crippen LogP contribution >= 0.6 is 0 Å². The van der Waals surface area contributed by atoms with Gasteiger partial charge in [-0.25, -0.2) is 18.0 Å². The van der Waals surface area contributed by atoms with Gasteiger partial charge in [0.1, 0.15) is 0 Å². The molecule has 0 aromatic heterocycles. The van der Waals surface area contributed by atoms with Crippen LogP contribution in [0, 0.1) is 0 Å². The smallest absolute Gasteiger partial charge is 0.337 e. The Hall–Kier alpha value is -3.15. The molecule has 0 heterocycles. The number of benzene rings is 2. The van der Waals surface area contributed by atoms with Crippen molar-refractivity contribution < 1.29 is 28.2 Å². The highest BCUT2D eigenvalue weighted by molar-refractivity contribution is 7.92. The molecule has 25 heavy (non-hydrogen) atoms. The molecule has 13 N–H and O–H groups in total. The van der Waals surface area contributed by atoms with Crippen LogP contribution in [0.15, 0.2) is 47.4 Å². The third kappa shape index (κ3) is 4.67. The number of sulfonamides is 1. The number of carbonyl (C=O) groups is 2. The van der Waals surface area contributed by atoms with E-state index < -0.39 is 22.0 Å². The number of aromatic carboxylic acids is 2. The van der Waals surface area contributed by atoms with Crippen molar-refractivity contribution in [3.8, 4) is 0 Å². The number of hydrogen-bond donors (Lipinski definition) is 6. The number of quaternary nitrogens is 2. The summed E-state index contributed by atoms with van der Waals surface area (Å²) in [6.07, 6.45) is 0. The largest absolute Gasteiger partial charge is 0.478 e. The molecule has 10 nitrogen and oxygen atoms in total. The molecule has 0 unspecified atom stereocenters. The predicted octanol–water partition coefficient (Wildman–Crippen LogP) is 2.22. The minimum atomic E-state index is -4.17. The van der Waals surface area contributed by atoms with Gasteiger partial charge in [-0.1, -0.05) is 12.1 Å². The molecular formula is C14H20N4O6S+2. The second-order valence-corrected chi connectivity index (χ2v) is 6.19. The number of nitrogens with one attached hydrogen (secondary N) is 1. The van der Waals surface area contributed by atoms with Crippen molar-refractivity contribution >= 4 is 33.3 Å². The summed E-state index contributed by atoms with van der Waals surface area (Å²) in [4.78, 5) is 21.8. The molecule has 2 rings (SSSR count). The topological polar surface area (TPSA) is 220 Å². The fourth-order valence-electron chi connectivity index (χ4n) is 1.85. The van der Waals surface area contributed by atoms with Crippen LogP contribution in [0.25, 0.3) is 0 Å². The summed E-state index contributed by atoms with van der Waals surface area (Å²) in [6, 6.07) is 8.64. The summed E-state index contributed by atoms with van der Waals surface area (Å²) in [5.41, 5.74) is 4.67. The minimum Gasteiger partial charge on any atom is -0.478 e. The van der Waals surface area contributed by atoms with E-state index in [2.05, 4.69) is 4.72 Å². The van der Waals surface area contributed by atoms with Crippen LogP contribution in [0.5, 0.6) is 0 Å². The van der Waals surface area contributed by atoms with Crippen LogP contribution in [0.4, 0.5) is 11.4 Å². The Morgan fingerprint density at radius 1 is 0.920 bits per heavy atom. The maximum atomic E-state index is 12.3. The number of nitrogen functional groups attached to an aromatic ring is 1. The first-order valence-corrected chi connectivity index (χ1v) is 7.68. The molecule has 0 aliphatic heterocycles. The van der Waals surface area contributed by atoms with Gasteiger partial charge in [0.15, 0.2) is 0 Å². The Labute approximate surface area is 143 Å². The Bertz CT molecular complexity index is 898. The second kappa shape index (κ2) is 8.10. The third-order valence-electron chi connectivity index (χ3n) is 2.97.